The Kier molecular flexibility index (Phi) is 8.61. The van der Waals surface area contributed by atoms with Crippen LogP contribution in [0.2, 0.25) is 0 Å². The number of anilines is 4. The molecule has 4 rings (SSSR count). The molecule has 0 saturated carbocycles. The minimum Gasteiger partial charge on any atom is -0.495 e. The van der Waals surface area contributed by atoms with Crippen LogP contribution in [-0.4, -0.2) is 14.2 Å². The average molecular weight is 565 g/mol. The molecule has 4 aromatic rings. The minimum atomic E-state index is -4.84. The third-order valence-electron chi connectivity index (χ3n) is 5.79. The molecule has 0 aliphatic carbocycles. The molecule has 4 aromatic carbocycles. The maximum absolute atomic E-state index is 13.1. The normalized spacial score (nSPS) is 11.4. The van der Waals surface area contributed by atoms with Gasteiger partial charge >= 0.3 is 12.4 Å². The van der Waals surface area contributed by atoms with E-state index < -0.39 is 34.6 Å². The molecular weight excluding hydrogens is 538 g/mol. The van der Waals surface area contributed by atoms with Crippen LogP contribution in [0.25, 0.3) is 22.3 Å². The van der Waals surface area contributed by atoms with E-state index in [4.69, 9.17) is 32.4 Å². The molecule has 0 aliphatic rings. The van der Waals surface area contributed by atoms with Crippen molar-refractivity contribution in [3.63, 3.8) is 0 Å². The quantitative estimate of drug-likeness (QED) is 0.155. The summed E-state index contributed by atoms with van der Waals surface area (Å²) in [5, 5.41) is 0. The number of hydrogen-bond donors (Lipinski definition) is 4. The maximum Gasteiger partial charge on any atom is 0.417 e. The van der Waals surface area contributed by atoms with Gasteiger partial charge in [-0.1, -0.05) is 24.3 Å². The minimum absolute atomic E-state index is 0.194. The molecule has 12 heteroatoms. The van der Waals surface area contributed by atoms with Crippen molar-refractivity contribution < 1.29 is 35.8 Å². The predicted molar refractivity (Wildman–Crippen MR) is 145 cm³/mol. The van der Waals surface area contributed by atoms with Crippen molar-refractivity contribution in [2.24, 2.45) is 0 Å². The summed E-state index contributed by atoms with van der Waals surface area (Å²) in [6.07, 6.45) is -9.68. The first-order chi connectivity index (χ1) is 18.6. The lowest BCUT2D eigenvalue weighted by Gasteiger charge is -2.18. The third-order valence-corrected chi connectivity index (χ3v) is 5.79. The second-order valence-corrected chi connectivity index (χ2v) is 8.52. The molecule has 0 atom stereocenters. The van der Waals surface area contributed by atoms with E-state index >= 15 is 0 Å². The van der Waals surface area contributed by atoms with Crippen molar-refractivity contribution in [2.75, 3.05) is 37.2 Å². The van der Waals surface area contributed by atoms with Crippen molar-refractivity contribution in [1.29, 1.82) is 0 Å². The molecule has 8 N–H and O–H groups in total. The number of nitrogens with two attached hydrogens (primary N) is 4. The summed E-state index contributed by atoms with van der Waals surface area (Å²) in [5.41, 5.74) is 21.4. The Bertz CT molecular complexity index is 1390. The van der Waals surface area contributed by atoms with Crippen LogP contribution in [0, 0.1) is 0 Å². The first-order valence-corrected chi connectivity index (χ1v) is 11.5. The average Bonchev–Trinajstić information content (AvgIpc) is 2.89. The number of halogens is 6. The van der Waals surface area contributed by atoms with Gasteiger partial charge in [0.1, 0.15) is 11.5 Å². The summed E-state index contributed by atoms with van der Waals surface area (Å²) >= 11 is 0. The van der Waals surface area contributed by atoms with Gasteiger partial charge in [-0.3, -0.25) is 0 Å². The van der Waals surface area contributed by atoms with Gasteiger partial charge in [0.25, 0.3) is 0 Å². The van der Waals surface area contributed by atoms with Gasteiger partial charge in [0.05, 0.1) is 36.7 Å². The van der Waals surface area contributed by atoms with E-state index in [1.54, 1.807) is 14.2 Å². The van der Waals surface area contributed by atoms with Crippen molar-refractivity contribution in [3.05, 3.63) is 83.9 Å². The maximum atomic E-state index is 13.1. The molecule has 0 aromatic heterocycles. The lowest BCUT2D eigenvalue weighted by atomic mass is 9.94. The number of nitrogen functional groups attached to an aromatic ring is 4. The standard InChI is InChI=1S/C14H10F6N2.C14H16N2O2/c15-13(16,17)11-5-7(21)1-3-9(11)10-4-2-8(22)6-12(10)14(18,19)20;1-17-13-7-9(3-5-11(13)15)10-4-6-12(16)14(8-10)18-2/h1-6H,21-22H2;3-8H,15-16H2,1-2H3. The van der Waals surface area contributed by atoms with Crippen molar-refractivity contribution in [3.8, 4) is 33.8 Å². The fraction of sp³-hybridized carbons (Fsp3) is 0.143. The van der Waals surface area contributed by atoms with Crippen LogP contribution in [0.1, 0.15) is 11.1 Å². The largest absolute Gasteiger partial charge is 0.495 e. The van der Waals surface area contributed by atoms with E-state index in [1.165, 1.54) is 0 Å². The molecule has 0 radical (unpaired) electrons. The van der Waals surface area contributed by atoms with Crippen LogP contribution in [0.5, 0.6) is 11.5 Å². The highest BCUT2D eigenvalue weighted by atomic mass is 19.4. The van der Waals surface area contributed by atoms with Gasteiger partial charge in [0, 0.05) is 11.4 Å². The zero-order valence-electron chi connectivity index (χ0n) is 21.3. The molecule has 0 heterocycles. The molecule has 212 valence electrons. The van der Waals surface area contributed by atoms with Gasteiger partial charge < -0.3 is 32.4 Å². The number of hydrogen-bond acceptors (Lipinski definition) is 6. The molecule has 0 fully saturated rings. The first-order valence-electron chi connectivity index (χ1n) is 11.5. The molecule has 0 amide bonds. The van der Waals surface area contributed by atoms with E-state index in [1.807, 2.05) is 36.4 Å². The van der Waals surface area contributed by atoms with Crippen LogP contribution in [-0.2, 0) is 12.4 Å². The Labute approximate surface area is 226 Å². The molecule has 0 unspecified atom stereocenters. The smallest absolute Gasteiger partial charge is 0.417 e. The molecule has 40 heavy (non-hydrogen) atoms. The fourth-order valence-corrected chi connectivity index (χ4v) is 3.84. The van der Waals surface area contributed by atoms with E-state index in [0.717, 1.165) is 35.4 Å². The molecule has 0 aliphatic heterocycles. The van der Waals surface area contributed by atoms with Gasteiger partial charge in [-0.15, -0.1) is 0 Å². The van der Waals surface area contributed by atoms with Crippen molar-refractivity contribution in [1.82, 2.24) is 0 Å². The summed E-state index contributed by atoms with van der Waals surface area (Å²) < 4.78 is 88.8. The van der Waals surface area contributed by atoms with Crippen LogP contribution in [0.15, 0.2) is 72.8 Å². The highest BCUT2D eigenvalue weighted by molar-refractivity contribution is 5.76. The zero-order valence-corrected chi connectivity index (χ0v) is 21.3. The number of alkyl halides is 6. The summed E-state index contributed by atoms with van der Waals surface area (Å²) in [5.74, 6) is 1.31. The summed E-state index contributed by atoms with van der Waals surface area (Å²) in [6.45, 7) is 0. The van der Waals surface area contributed by atoms with Gasteiger partial charge in [0.2, 0.25) is 0 Å². The lowest BCUT2D eigenvalue weighted by Crippen LogP contribution is -2.12. The predicted octanol–water partition coefficient (Wildman–Crippen LogP) is 7.09. The van der Waals surface area contributed by atoms with Crippen molar-refractivity contribution >= 4 is 22.7 Å². The second kappa shape index (κ2) is 11.6. The third kappa shape index (κ3) is 6.82. The highest BCUT2D eigenvalue weighted by Gasteiger charge is 2.38. The van der Waals surface area contributed by atoms with Gasteiger partial charge in [-0.2, -0.15) is 26.3 Å². The van der Waals surface area contributed by atoms with Gasteiger partial charge in [0.15, 0.2) is 0 Å². The summed E-state index contributed by atoms with van der Waals surface area (Å²) in [4.78, 5) is 0. The summed E-state index contributed by atoms with van der Waals surface area (Å²) in [6, 6.07) is 16.5. The van der Waals surface area contributed by atoms with Crippen LogP contribution < -0.4 is 32.4 Å². The Balaban J connectivity index is 0.000000225. The zero-order chi connectivity index (χ0) is 29.8. The summed E-state index contributed by atoms with van der Waals surface area (Å²) in [7, 11) is 3.19. The molecule has 0 saturated heterocycles. The van der Waals surface area contributed by atoms with E-state index in [-0.39, 0.29) is 11.4 Å². The van der Waals surface area contributed by atoms with Crippen LogP contribution >= 0.6 is 0 Å². The number of ether oxygens (including phenoxy) is 2. The topological polar surface area (TPSA) is 123 Å². The lowest BCUT2D eigenvalue weighted by molar-refractivity contribution is -0.139. The first kappa shape index (κ1) is 29.8. The van der Waals surface area contributed by atoms with Gasteiger partial charge in [-0.05, 0) is 70.8 Å². The molecular formula is C28H26F6N4O2. The van der Waals surface area contributed by atoms with E-state index in [2.05, 4.69) is 0 Å². The monoisotopic (exact) mass is 564 g/mol. The van der Waals surface area contributed by atoms with Crippen LogP contribution in [0.4, 0.5) is 49.1 Å². The van der Waals surface area contributed by atoms with Crippen molar-refractivity contribution in [2.45, 2.75) is 12.4 Å². The highest BCUT2D eigenvalue weighted by Crippen LogP contribution is 2.43. The Hall–Kier alpha value is -4.74. The number of rotatable bonds is 4. The number of methoxy groups -OCH3 is 2. The van der Waals surface area contributed by atoms with E-state index in [0.29, 0.717) is 35.0 Å². The SMILES string of the molecule is COc1cc(-c2ccc(N)c(OC)c2)ccc1N.Nc1ccc(-c2ccc(N)cc2C(F)(F)F)c(C(F)(F)F)c1. The van der Waals surface area contributed by atoms with Crippen LogP contribution in [0.3, 0.4) is 0 Å². The Morgan fingerprint density at radius 2 is 0.850 bits per heavy atom. The Morgan fingerprint density at radius 1 is 0.500 bits per heavy atom. The Morgan fingerprint density at radius 3 is 1.15 bits per heavy atom. The van der Waals surface area contributed by atoms with Gasteiger partial charge in [-0.25, -0.2) is 0 Å². The molecule has 0 spiro atoms. The molecule has 6 nitrogen and oxygen atoms in total. The van der Waals surface area contributed by atoms with E-state index in [9.17, 15) is 26.3 Å². The second-order valence-electron chi connectivity index (χ2n) is 8.52. The number of benzene rings is 4. The fourth-order valence-electron chi connectivity index (χ4n) is 3.84. The molecule has 0 bridgehead atoms.